The fraction of sp³-hybridized carbons (Fsp3) is 0.667. The first-order chi connectivity index (χ1) is 5.20. The van der Waals surface area contributed by atoms with Crippen molar-refractivity contribution in [2.24, 2.45) is 0 Å². The largest absolute Gasteiger partial charge is 0.462 e. The first-order valence-corrected chi connectivity index (χ1v) is 3.04. The molecule has 0 bridgehead atoms. The summed E-state index contributed by atoms with van der Waals surface area (Å²) in [6.45, 7) is 0.969. The van der Waals surface area contributed by atoms with Crippen molar-refractivity contribution in [2.75, 3.05) is 13.2 Å². The van der Waals surface area contributed by atoms with Gasteiger partial charge in [0, 0.05) is 6.92 Å². The van der Waals surface area contributed by atoms with Crippen LogP contribution in [-0.4, -0.2) is 36.9 Å². The molecule has 1 unspecified atom stereocenters. The minimum Gasteiger partial charge on any atom is -0.462 e. The molecule has 0 saturated heterocycles. The molecule has 0 amide bonds. The highest BCUT2D eigenvalue weighted by Gasteiger charge is 2.08. The van der Waals surface area contributed by atoms with Crippen LogP contribution in [0.4, 0.5) is 0 Å². The Hall–Kier alpha value is -1.10. The van der Waals surface area contributed by atoms with Gasteiger partial charge in [-0.15, -0.1) is 0 Å². The lowest BCUT2D eigenvalue weighted by atomic mass is 10.4. The number of aliphatic hydroxyl groups is 1. The second-order valence-corrected chi connectivity index (χ2v) is 1.84. The van der Waals surface area contributed by atoms with Gasteiger partial charge in [0.2, 0.25) is 0 Å². The third-order valence-corrected chi connectivity index (χ3v) is 0.924. The van der Waals surface area contributed by atoms with Crippen LogP contribution < -0.4 is 0 Å². The topological polar surface area (TPSA) is 72.8 Å². The van der Waals surface area contributed by atoms with Gasteiger partial charge in [-0.3, -0.25) is 9.59 Å². The summed E-state index contributed by atoms with van der Waals surface area (Å²) >= 11 is 0. The van der Waals surface area contributed by atoms with Gasteiger partial charge in [-0.25, -0.2) is 0 Å². The molecule has 0 fully saturated rings. The monoisotopic (exact) mass is 162 g/mol. The van der Waals surface area contributed by atoms with Crippen molar-refractivity contribution in [1.82, 2.24) is 0 Å². The molecule has 0 spiro atoms. The smallest absolute Gasteiger partial charge is 0.302 e. The van der Waals surface area contributed by atoms with Gasteiger partial charge in [0.05, 0.1) is 6.61 Å². The third-order valence-electron chi connectivity index (χ3n) is 0.924. The van der Waals surface area contributed by atoms with E-state index >= 15 is 0 Å². The SMILES string of the molecule is CC(=O)OCC(CO)OC=O. The quantitative estimate of drug-likeness (QED) is 0.418. The van der Waals surface area contributed by atoms with E-state index in [1.165, 1.54) is 6.92 Å². The lowest BCUT2D eigenvalue weighted by Crippen LogP contribution is -2.24. The van der Waals surface area contributed by atoms with Crippen LogP contribution in [0.3, 0.4) is 0 Å². The second kappa shape index (κ2) is 5.67. The van der Waals surface area contributed by atoms with E-state index in [2.05, 4.69) is 9.47 Å². The lowest BCUT2D eigenvalue weighted by Gasteiger charge is -2.10. The van der Waals surface area contributed by atoms with E-state index in [1.54, 1.807) is 0 Å². The molecule has 0 saturated carbocycles. The molecule has 0 aliphatic carbocycles. The van der Waals surface area contributed by atoms with Crippen LogP contribution in [0.15, 0.2) is 0 Å². The number of carbonyl (C=O) groups excluding carboxylic acids is 2. The molecule has 1 N–H and O–H groups in total. The number of rotatable bonds is 5. The highest BCUT2D eigenvalue weighted by molar-refractivity contribution is 5.65. The molecule has 64 valence electrons. The standard InChI is InChI=1S/C6H10O5/c1-5(9)10-3-6(2-7)11-4-8/h4,6-7H,2-3H2,1H3. The highest BCUT2D eigenvalue weighted by Crippen LogP contribution is 1.89. The summed E-state index contributed by atoms with van der Waals surface area (Å²) in [5, 5.41) is 8.49. The van der Waals surface area contributed by atoms with Gasteiger partial charge >= 0.3 is 5.97 Å². The minimum atomic E-state index is -0.753. The van der Waals surface area contributed by atoms with Gasteiger partial charge in [0.15, 0.2) is 6.10 Å². The highest BCUT2D eigenvalue weighted by atomic mass is 16.6. The van der Waals surface area contributed by atoms with Crippen LogP contribution >= 0.6 is 0 Å². The van der Waals surface area contributed by atoms with E-state index in [1.807, 2.05) is 0 Å². The molecule has 0 aromatic rings. The number of carbonyl (C=O) groups is 2. The zero-order valence-corrected chi connectivity index (χ0v) is 6.15. The van der Waals surface area contributed by atoms with Crippen molar-refractivity contribution in [3.8, 4) is 0 Å². The van der Waals surface area contributed by atoms with E-state index in [4.69, 9.17) is 5.11 Å². The normalized spacial score (nSPS) is 11.8. The molecule has 1 atom stereocenters. The van der Waals surface area contributed by atoms with Crippen LogP contribution in [0.25, 0.3) is 0 Å². The fourth-order valence-electron chi connectivity index (χ4n) is 0.424. The van der Waals surface area contributed by atoms with Gasteiger partial charge in [0.25, 0.3) is 6.47 Å². The maximum absolute atomic E-state index is 10.2. The molecule has 0 aliphatic heterocycles. The van der Waals surface area contributed by atoms with E-state index < -0.39 is 12.1 Å². The summed E-state index contributed by atoms with van der Waals surface area (Å²) in [6, 6.07) is 0. The molecule has 5 heteroatoms. The van der Waals surface area contributed by atoms with Crippen molar-refractivity contribution in [2.45, 2.75) is 13.0 Å². The summed E-state index contributed by atoms with van der Waals surface area (Å²) < 4.78 is 8.80. The Morgan fingerprint density at radius 1 is 1.73 bits per heavy atom. The van der Waals surface area contributed by atoms with Gasteiger partial charge in [-0.05, 0) is 0 Å². The van der Waals surface area contributed by atoms with Crippen LogP contribution in [0.5, 0.6) is 0 Å². The van der Waals surface area contributed by atoms with Gasteiger partial charge in [-0.1, -0.05) is 0 Å². The van der Waals surface area contributed by atoms with Crippen molar-refractivity contribution in [3.63, 3.8) is 0 Å². The third kappa shape index (κ3) is 5.35. The Kier molecular flexibility index (Phi) is 5.10. The summed E-state index contributed by atoms with van der Waals surface area (Å²) in [5.41, 5.74) is 0. The van der Waals surface area contributed by atoms with Crippen LogP contribution in [0, 0.1) is 0 Å². The molecular weight excluding hydrogens is 152 g/mol. The van der Waals surface area contributed by atoms with Crippen molar-refractivity contribution in [3.05, 3.63) is 0 Å². The number of aliphatic hydroxyl groups excluding tert-OH is 1. The zero-order chi connectivity index (χ0) is 8.69. The second-order valence-electron chi connectivity index (χ2n) is 1.84. The van der Waals surface area contributed by atoms with Crippen LogP contribution in [-0.2, 0) is 19.1 Å². The molecule has 0 aromatic carbocycles. The fourth-order valence-corrected chi connectivity index (χ4v) is 0.424. The molecular formula is C6H10O5. The molecule has 0 aliphatic rings. The van der Waals surface area contributed by atoms with Crippen molar-refractivity contribution < 1.29 is 24.2 Å². The summed E-state index contributed by atoms with van der Waals surface area (Å²) in [4.78, 5) is 20.0. The molecule has 0 radical (unpaired) electrons. The number of hydrogen-bond donors (Lipinski definition) is 1. The first kappa shape index (κ1) is 9.90. The van der Waals surface area contributed by atoms with Crippen LogP contribution in [0.2, 0.25) is 0 Å². The van der Waals surface area contributed by atoms with Crippen molar-refractivity contribution >= 4 is 12.4 Å². The molecule has 0 aromatic heterocycles. The first-order valence-electron chi connectivity index (χ1n) is 3.04. The predicted molar refractivity (Wildman–Crippen MR) is 34.7 cm³/mol. The van der Waals surface area contributed by atoms with E-state index in [-0.39, 0.29) is 19.7 Å². The van der Waals surface area contributed by atoms with Gasteiger partial charge in [-0.2, -0.15) is 0 Å². The summed E-state index contributed by atoms with van der Waals surface area (Å²) in [6.07, 6.45) is -0.753. The van der Waals surface area contributed by atoms with Gasteiger partial charge < -0.3 is 14.6 Å². The minimum absolute atomic E-state index is 0.107. The Balaban J connectivity index is 3.51. The van der Waals surface area contributed by atoms with Crippen molar-refractivity contribution in [1.29, 1.82) is 0 Å². The lowest BCUT2D eigenvalue weighted by molar-refractivity contribution is -0.151. The molecule has 5 nitrogen and oxygen atoms in total. The maximum atomic E-state index is 10.2. The number of esters is 1. The van der Waals surface area contributed by atoms with Crippen LogP contribution in [0.1, 0.15) is 6.92 Å². The summed E-state index contributed by atoms with van der Waals surface area (Å²) in [7, 11) is 0. The van der Waals surface area contributed by atoms with Gasteiger partial charge in [0.1, 0.15) is 6.61 Å². The number of ether oxygens (including phenoxy) is 2. The van der Waals surface area contributed by atoms with E-state index in [9.17, 15) is 9.59 Å². The average Bonchev–Trinajstić information content (AvgIpc) is 1.97. The Bertz CT molecular complexity index is 133. The Morgan fingerprint density at radius 3 is 2.73 bits per heavy atom. The average molecular weight is 162 g/mol. The Labute approximate surface area is 63.9 Å². The maximum Gasteiger partial charge on any atom is 0.302 e. The predicted octanol–water partition coefficient (Wildman–Crippen LogP) is -0.917. The Morgan fingerprint density at radius 2 is 2.36 bits per heavy atom. The van der Waals surface area contributed by atoms with E-state index in [0.29, 0.717) is 0 Å². The number of hydrogen-bond acceptors (Lipinski definition) is 5. The molecule has 11 heavy (non-hydrogen) atoms. The van der Waals surface area contributed by atoms with E-state index in [0.717, 1.165) is 0 Å². The summed E-state index contributed by atoms with van der Waals surface area (Å²) in [5.74, 6) is -0.474. The zero-order valence-electron chi connectivity index (χ0n) is 6.15. The molecule has 0 heterocycles. The molecule has 0 rings (SSSR count).